The summed E-state index contributed by atoms with van der Waals surface area (Å²) in [7, 11) is 0. The highest BCUT2D eigenvalue weighted by molar-refractivity contribution is 6.20. The molecule has 2 unspecified atom stereocenters. The molecule has 0 aromatic carbocycles. The van der Waals surface area contributed by atoms with E-state index in [0.717, 1.165) is 24.0 Å². The van der Waals surface area contributed by atoms with Crippen molar-refractivity contribution in [2.24, 2.45) is 23.2 Å². The van der Waals surface area contributed by atoms with Gasteiger partial charge in [0, 0.05) is 17.7 Å². The second-order valence-electron chi connectivity index (χ2n) is 7.02. The molecule has 1 fully saturated rings. The van der Waals surface area contributed by atoms with Crippen molar-refractivity contribution in [2.45, 2.75) is 33.6 Å². The molecule has 2 atom stereocenters. The van der Waals surface area contributed by atoms with Gasteiger partial charge in [0.05, 0.1) is 0 Å². The minimum Gasteiger partial charge on any atom is -0.271 e. The molecule has 0 N–H and O–H groups in total. The van der Waals surface area contributed by atoms with Gasteiger partial charge in [-0.2, -0.15) is 0 Å². The Morgan fingerprint density at radius 1 is 1.16 bits per heavy atom. The Balaban J connectivity index is 1.99. The fraction of sp³-hybridized carbons (Fsp3) is 0.625. The molecule has 0 radical (unpaired) electrons. The van der Waals surface area contributed by atoms with E-state index in [1.165, 1.54) is 4.90 Å². The summed E-state index contributed by atoms with van der Waals surface area (Å²) in [4.78, 5) is 26.3. The molecule has 3 heteroatoms. The van der Waals surface area contributed by atoms with Crippen LogP contribution in [0.1, 0.15) is 33.6 Å². The van der Waals surface area contributed by atoms with Gasteiger partial charge in [-0.3, -0.25) is 14.5 Å². The second-order valence-corrected chi connectivity index (χ2v) is 7.02. The van der Waals surface area contributed by atoms with Gasteiger partial charge in [-0.05, 0) is 36.0 Å². The minimum absolute atomic E-state index is 0.0543. The molecule has 2 bridgehead atoms. The van der Waals surface area contributed by atoms with E-state index in [1.54, 1.807) is 6.08 Å². The van der Waals surface area contributed by atoms with E-state index >= 15 is 0 Å². The van der Waals surface area contributed by atoms with Gasteiger partial charge in [0.2, 0.25) is 0 Å². The molecule has 3 aliphatic rings. The molecule has 0 aromatic rings. The van der Waals surface area contributed by atoms with Crippen molar-refractivity contribution in [3.05, 3.63) is 23.8 Å². The van der Waals surface area contributed by atoms with Crippen LogP contribution in [0.5, 0.6) is 0 Å². The molecule has 0 spiro atoms. The average Bonchev–Trinajstić information content (AvgIpc) is 2.94. The van der Waals surface area contributed by atoms with Crippen LogP contribution in [0.25, 0.3) is 0 Å². The zero-order valence-electron chi connectivity index (χ0n) is 11.9. The molecule has 2 aliphatic carbocycles. The summed E-state index contributed by atoms with van der Waals surface area (Å²) in [6, 6.07) is 0. The maximum atomic E-state index is 12.4. The van der Waals surface area contributed by atoms with Crippen molar-refractivity contribution >= 4 is 11.8 Å². The molecule has 1 aliphatic heterocycles. The maximum absolute atomic E-state index is 12.4. The first-order chi connectivity index (χ1) is 8.88. The third kappa shape index (κ3) is 1.50. The fourth-order valence-corrected chi connectivity index (χ4v) is 4.48. The average molecular weight is 259 g/mol. The number of amides is 2. The first-order valence-electron chi connectivity index (χ1n) is 7.09. The van der Waals surface area contributed by atoms with Gasteiger partial charge in [-0.1, -0.05) is 26.8 Å². The molecule has 3 rings (SSSR count). The maximum Gasteiger partial charge on any atom is 0.257 e. The lowest BCUT2D eigenvalue weighted by atomic mass is 9.72. The van der Waals surface area contributed by atoms with Crippen LogP contribution < -0.4 is 0 Å². The van der Waals surface area contributed by atoms with Crippen LogP contribution in [0.4, 0.5) is 0 Å². The predicted octanol–water partition coefficient (Wildman–Crippen LogP) is 2.54. The van der Waals surface area contributed by atoms with Crippen molar-refractivity contribution in [3.63, 3.8) is 0 Å². The number of hydrogen-bond acceptors (Lipinski definition) is 2. The van der Waals surface area contributed by atoms with Gasteiger partial charge < -0.3 is 0 Å². The van der Waals surface area contributed by atoms with E-state index in [-0.39, 0.29) is 17.2 Å². The Kier molecular flexibility index (Phi) is 2.54. The summed E-state index contributed by atoms with van der Waals surface area (Å²) in [5.74, 6) is 0.941. The molecule has 0 saturated heterocycles. The topological polar surface area (TPSA) is 37.4 Å². The first kappa shape index (κ1) is 12.6. The highest BCUT2D eigenvalue weighted by atomic mass is 16.2. The Labute approximate surface area is 114 Å². The number of hydrogen-bond donors (Lipinski definition) is 0. The van der Waals surface area contributed by atoms with Crippen molar-refractivity contribution in [2.75, 3.05) is 6.54 Å². The molecule has 2 amide bonds. The van der Waals surface area contributed by atoms with Crippen molar-refractivity contribution < 1.29 is 9.59 Å². The Morgan fingerprint density at radius 3 is 2.00 bits per heavy atom. The molecule has 19 heavy (non-hydrogen) atoms. The number of nitrogens with zero attached hydrogens (tertiary/aromatic N) is 1. The normalized spacial score (nSPS) is 33.4. The minimum atomic E-state index is -0.0543. The van der Waals surface area contributed by atoms with Crippen LogP contribution in [-0.4, -0.2) is 23.3 Å². The summed E-state index contributed by atoms with van der Waals surface area (Å²) in [5.41, 5.74) is 1.83. The smallest absolute Gasteiger partial charge is 0.257 e. The Morgan fingerprint density at radius 2 is 1.63 bits per heavy atom. The molecule has 1 heterocycles. The molecule has 0 aromatic heterocycles. The third-order valence-corrected chi connectivity index (χ3v) is 4.95. The number of carbonyl (C=O) groups excluding carboxylic acids is 2. The van der Waals surface area contributed by atoms with Gasteiger partial charge in [-0.15, -0.1) is 6.58 Å². The van der Waals surface area contributed by atoms with Crippen LogP contribution in [-0.2, 0) is 9.59 Å². The first-order valence-corrected chi connectivity index (χ1v) is 7.09. The molecule has 3 nitrogen and oxygen atoms in total. The van der Waals surface area contributed by atoms with E-state index in [1.807, 2.05) is 0 Å². The van der Waals surface area contributed by atoms with E-state index < -0.39 is 0 Å². The Bertz CT molecular complexity index is 475. The summed E-state index contributed by atoms with van der Waals surface area (Å²) >= 11 is 0. The van der Waals surface area contributed by atoms with Gasteiger partial charge in [0.25, 0.3) is 11.8 Å². The van der Waals surface area contributed by atoms with Crippen LogP contribution >= 0.6 is 0 Å². The SMILES string of the molecule is C=CCN1C(=O)C2=C(C1=O)C1CCC2C1C(C)(C)C. The largest absolute Gasteiger partial charge is 0.271 e. The molecule has 102 valence electrons. The van der Waals surface area contributed by atoms with E-state index in [9.17, 15) is 9.59 Å². The molecular weight excluding hydrogens is 238 g/mol. The van der Waals surface area contributed by atoms with Gasteiger partial charge in [0.15, 0.2) is 0 Å². The number of fused-ring (bicyclic) bond motifs is 4. The van der Waals surface area contributed by atoms with Crippen molar-refractivity contribution in [1.82, 2.24) is 4.90 Å². The zero-order valence-corrected chi connectivity index (χ0v) is 11.9. The third-order valence-electron chi connectivity index (χ3n) is 4.95. The van der Waals surface area contributed by atoms with Crippen LogP contribution in [0.15, 0.2) is 23.8 Å². The van der Waals surface area contributed by atoms with Crippen LogP contribution in [0.3, 0.4) is 0 Å². The van der Waals surface area contributed by atoms with Crippen molar-refractivity contribution in [1.29, 1.82) is 0 Å². The molecular formula is C16H21NO2. The summed E-state index contributed by atoms with van der Waals surface area (Å²) in [6.07, 6.45) is 3.75. The van der Waals surface area contributed by atoms with E-state index in [4.69, 9.17) is 0 Å². The number of imide groups is 1. The zero-order chi connectivity index (χ0) is 13.9. The Hall–Kier alpha value is -1.38. The predicted molar refractivity (Wildman–Crippen MR) is 73.1 cm³/mol. The van der Waals surface area contributed by atoms with Crippen LogP contribution in [0, 0.1) is 23.2 Å². The standard InChI is InChI=1S/C16H21NO2/c1-5-8-17-14(18)11-9-6-7-10(12(11)15(17)19)13(9)16(2,3)4/h5,9-10,13H,1,6-8H2,2-4H3. The summed E-state index contributed by atoms with van der Waals surface area (Å²) < 4.78 is 0. The number of carbonyl (C=O) groups is 2. The lowest BCUT2D eigenvalue weighted by molar-refractivity contribution is -0.137. The highest BCUT2D eigenvalue weighted by Gasteiger charge is 2.59. The lowest BCUT2D eigenvalue weighted by Gasteiger charge is -2.33. The van der Waals surface area contributed by atoms with E-state index in [2.05, 4.69) is 27.4 Å². The number of rotatable bonds is 2. The van der Waals surface area contributed by atoms with Gasteiger partial charge in [-0.25, -0.2) is 0 Å². The fourth-order valence-electron chi connectivity index (χ4n) is 4.48. The summed E-state index contributed by atoms with van der Waals surface area (Å²) in [5, 5.41) is 0. The summed E-state index contributed by atoms with van der Waals surface area (Å²) in [6.45, 7) is 10.6. The highest BCUT2D eigenvalue weighted by Crippen LogP contribution is 2.60. The monoisotopic (exact) mass is 259 g/mol. The molecule has 1 saturated carbocycles. The van der Waals surface area contributed by atoms with Gasteiger partial charge in [0.1, 0.15) is 0 Å². The van der Waals surface area contributed by atoms with Crippen molar-refractivity contribution in [3.8, 4) is 0 Å². The quantitative estimate of drug-likeness (QED) is 0.564. The van der Waals surface area contributed by atoms with Gasteiger partial charge >= 0.3 is 0 Å². The second kappa shape index (κ2) is 3.81. The lowest BCUT2D eigenvalue weighted by Crippen LogP contribution is -2.37. The number of likely N-dealkylation sites (tertiary alicyclic amines) is 1. The van der Waals surface area contributed by atoms with E-state index in [0.29, 0.717) is 24.3 Å². The van der Waals surface area contributed by atoms with Crippen LogP contribution in [0.2, 0.25) is 0 Å².